The fourth-order valence-corrected chi connectivity index (χ4v) is 123. The lowest BCUT2D eigenvalue weighted by atomic mass is 11.8. The molecule has 0 fully saturated rings. The average molecular weight is 874 g/mol. The van der Waals surface area contributed by atoms with Crippen LogP contribution in [0.5, 0.6) is 0 Å². The van der Waals surface area contributed by atoms with Crippen molar-refractivity contribution < 1.29 is 69.7 Å². The minimum atomic E-state index is -3.83. The molecule has 42 heavy (non-hydrogen) atoms. The maximum absolute atomic E-state index is 12.5. The van der Waals surface area contributed by atoms with Crippen LogP contribution in [0.4, 0.5) is 0 Å². The Morgan fingerprint density at radius 1 is 0.524 bits per heavy atom. The van der Waals surface area contributed by atoms with Crippen LogP contribution >= 0.6 is 0 Å². The Balaban J connectivity index is 5.05. The van der Waals surface area contributed by atoms with Gasteiger partial charge in [0.15, 0.2) is 16.6 Å². The summed E-state index contributed by atoms with van der Waals surface area (Å²) in [5, 5.41) is 0. The summed E-state index contributed by atoms with van der Waals surface area (Å²) in [5.74, 6) is 0. The zero-order valence-electron chi connectivity index (χ0n) is 24.5. The Morgan fingerprint density at radius 2 is 0.952 bits per heavy atom. The molecule has 0 saturated carbocycles. The van der Waals surface area contributed by atoms with E-state index in [9.17, 15) is 49.1 Å². The van der Waals surface area contributed by atoms with Gasteiger partial charge in [-0.25, -0.2) is 0 Å². The minimum Gasteiger partial charge on any atom is -0.560 e. The fourth-order valence-electron chi connectivity index (χ4n) is 2.62. The van der Waals surface area contributed by atoms with Crippen molar-refractivity contribution >= 4 is 139 Å². The SMILES string of the molecule is C[SiH](O[SiH2][Si](=O)[Si](=O)[Si](=O)[Si](=O)[Si](=O)[Si](=O)[Si](=O)[Si](=O)O[Si](C)(C)O[Si](C)(C)C)O[Si](=O)[Si](=O)[Si](=O)[SiH2]O[Si](C)(C)C. The van der Waals surface area contributed by atoms with E-state index in [1.54, 1.807) is 13.1 Å². The Morgan fingerprint density at radius 3 is 1.40 bits per heavy atom. The average Bonchev–Trinajstić information content (AvgIpc) is 2.84. The first-order valence-corrected chi connectivity index (χ1v) is 53.9. The molecule has 0 N–H and O–H groups in total. The van der Waals surface area contributed by atoms with Gasteiger partial charge < -0.3 is 69.7 Å². The Labute approximate surface area is 266 Å². The molecule has 0 bridgehead atoms. The predicted molar refractivity (Wildman–Crippen MR) is 171 cm³/mol. The second kappa shape index (κ2) is 18.3. The molecular formula is C9H32O16Si17. The second-order valence-electron chi connectivity index (χ2n) is 10.8. The molecule has 0 aliphatic rings. The predicted octanol–water partition coefficient (Wildman–Crippen LogP) is -4.21. The summed E-state index contributed by atoms with van der Waals surface area (Å²) < 4.78 is 164. The van der Waals surface area contributed by atoms with Gasteiger partial charge >= 0.3 is 104 Å². The van der Waals surface area contributed by atoms with E-state index < -0.39 is 139 Å². The molecule has 1 unspecified atom stereocenters. The standard InChI is InChI=1S/C9H32O16Si17/c1-28(23-29(10)33(14)32(13)27-22-40(2,3)4)21-26-31(12)35(16)37(18)39(20)38(19)36(17)34(15)30(11)24-42(8,9)25-41(5,6)7/h28H,26-27H2,1-9H3. The lowest BCUT2D eigenvalue weighted by molar-refractivity contribution is 0.377. The molecule has 0 saturated heterocycles. The lowest BCUT2D eigenvalue weighted by Gasteiger charge is -2.30. The molecule has 0 aliphatic heterocycles. The van der Waals surface area contributed by atoms with E-state index in [0.29, 0.717) is 0 Å². The van der Waals surface area contributed by atoms with E-state index >= 15 is 0 Å². The van der Waals surface area contributed by atoms with Gasteiger partial charge in [0.05, 0.1) is 0 Å². The van der Waals surface area contributed by atoms with Crippen LogP contribution in [0.2, 0.25) is 58.9 Å². The van der Waals surface area contributed by atoms with Crippen molar-refractivity contribution in [2.45, 2.75) is 58.9 Å². The molecule has 0 radical (unpaired) electrons. The lowest BCUT2D eigenvalue weighted by Crippen LogP contribution is -2.54. The summed E-state index contributed by atoms with van der Waals surface area (Å²) in [5.41, 5.74) is 0. The summed E-state index contributed by atoms with van der Waals surface area (Å²) >= 11 is 0. The highest BCUT2D eigenvalue weighted by atomic mass is 30.0. The topological polar surface area (TPSA) is 234 Å². The van der Waals surface area contributed by atoms with Crippen molar-refractivity contribution in [3.8, 4) is 0 Å². The third-order valence-electron chi connectivity index (χ3n) is 4.16. The summed E-state index contributed by atoms with van der Waals surface area (Å²) in [7, 11) is -51.9. The second-order valence-corrected chi connectivity index (χ2v) is 81.5. The first kappa shape index (κ1) is 43.0. The van der Waals surface area contributed by atoms with Gasteiger partial charge in [0, 0.05) is 0 Å². The van der Waals surface area contributed by atoms with Gasteiger partial charge in [0.2, 0.25) is 18.6 Å². The highest BCUT2D eigenvalue weighted by Crippen LogP contribution is 2.15. The summed E-state index contributed by atoms with van der Waals surface area (Å²) in [6.45, 7) is 15.6. The van der Waals surface area contributed by atoms with Crippen LogP contribution in [0.1, 0.15) is 0 Å². The maximum atomic E-state index is 12.5. The normalized spacial score (nSPS) is 13.0. The van der Waals surface area contributed by atoms with Crippen LogP contribution in [-0.4, -0.2) is 139 Å². The largest absolute Gasteiger partial charge is 0.560 e. The molecular weight excluding hydrogens is 842 g/mol. The van der Waals surface area contributed by atoms with Crippen molar-refractivity contribution in [3.05, 3.63) is 0 Å². The number of hydrogen-bond acceptors (Lipinski definition) is 16. The van der Waals surface area contributed by atoms with Gasteiger partial charge in [-0.15, -0.1) is 0 Å². The number of rotatable bonds is 21. The van der Waals surface area contributed by atoms with Gasteiger partial charge in [-0.05, 0) is 58.9 Å². The van der Waals surface area contributed by atoms with Crippen LogP contribution in [-0.2, 0) is 69.7 Å². The van der Waals surface area contributed by atoms with E-state index in [4.69, 9.17) is 20.6 Å². The van der Waals surface area contributed by atoms with Crippen molar-refractivity contribution in [2.24, 2.45) is 0 Å². The molecule has 0 aliphatic carbocycles. The highest BCUT2D eigenvalue weighted by molar-refractivity contribution is 7.74. The van der Waals surface area contributed by atoms with Gasteiger partial charge in [0.25, 0.3) is 0 Å². The molecule has 0 rings (SSSR count). The van der Waals surface area contributed by atoms with Crippen molar-refractivity contribution in [1.82, 2.24) is 0 Å². The Kier molecular flexibility index (Phi) is 18.8. The molecule has 0 amide bonds. The zero-order chi connectivity index (χ0) is 33.4. The molecule has 0 aromatic heterocycles. The van der Waals surface area contributed by atoms with Crippen LogP contribution in [0, 0.1) is 0 Å². The van der Waals surface area contributed by atoms with Crippen LogP contribution in [0.15, 0.2) is 0 Å². The van der Waals surface area contributed by atoms with Gasteiger partial charge in [0.1, 0.15) is 0 Å². The molecule has 1 atom stereocenters. The summed E-state index contributed by atoms with van der Waals surface area (Å²) in [4.78, 5) is 0. The fraction of sp³-hybridized carbons (Fsp3) is 1.00. The maximum Gasteiger partial charge on any atom is 0.533 e. The first-order chi connectivity index (χ1) is 18.8. The van der Waals surface area contributed by atoms with E-state index in [0.717, 1.165) is 0 Å². The molecule has 0 aromatic rings. The van der Waals surface area contributed by atoms with Crippen LogP contribution in [0.3, 0.4) is 0 Å². The van der Waals surface area contributed by atoms with Gasteiger partial charge in [-0.1, -0.05) is 0 Å². The van der Waals surface area contributed by atoms with Gasteiger partial charge in [-0.3, -0.25) is 0 Å². The molecule has 232 valence electrons. The zero-order valence-corrected chi connectivity index (χ0v) is 42.5. The van der Waals surface area contributed by atoms with E-state index in [-0.39, 0.29) is 0 Å². The quantitative estimate of drug-likeness (QED) is 0.0995. The Hall–Kier alpha value is 0.967. The summed E-state index contributed by atoms with van der Waals surface area (Å²) in [6, 6.07) is 0. The van der Waals surface area contributed by atoms with Crippen LogP contribution in [0.25, 0.3) is 0 Å². The first-order valence-electron chi connectivity index (χ1n) is 12.1. The highest BCUT2D eigenvalue weighted by Gasteiger charge is 2.51. The minimum absolute atomic E-state index is 1.36. The molecule has 16 nitrogen and oxygen atoms in total. The molecule has 33 heteroatoms. The van der Waals surface area contributed by atoms with E-state index in [1.165, 1.54) is 6.55 Å². The third kappa shape index (κ3) is 16.5. The third-order valence-corrected chi connectivity index (χ3v) is 97.3. The van der Waals surface area contributed by atoms with E-state index in [2.05, 4.69) is 0 Å². The molecule has 0 heterocycles. The summed E-state index contributed by atoms with van der Waals surface area (Å²) in [6.07, 6.45) is 0. The monoisotopic (exact) mass is 872 g/mol. The Bertz CT molecular complexity index is 1230. The van der Waals surface area contributed by atoms with Gasteiger partial charge in [-0.2, -0.15) is 0 Å². The smallest absolute Gasteiger partial charge is 0.533 e. The van der Waals surface area contributed by atoms with Crippen LogP contribution < -0.4 is 0 Å². The van der Waals surface area contributed by atoms with Crippen molar-refractivity contribution in [1.29, 1.82) is 0 Å². The number of hydrogen-bond donors (Lipinski definition) is 0. The van der Waals surface area contributed by atoms with Crippen molar-refractivity contribution in [2.75, 3.05) is 0 Å². The van der Waals surface area contributed by atoms with Crippen molar-refractivity contribution in [3.63, 3.8) is 0 Å². The molecule has 0 aromatic carbocycles. The molecule has 0 spiro atoms. The van der Waals surface area contributed by atoms with E-state index in [1.807, 2.05) is 39.3 Å².